The van der Waals surface area contributed by atoms with Crippen molar-refractivity contribution in [1.29, 1.82) is 0 Å². The molecule has 6 nitrogen and oxygen atoms in total. The minimum Gasteiger partial charge on any atom is -0.472 e. The molecular formula is C22H21FN4O2. The van der Waals surface area contributed by atoms with Gasteiger partial charge in [-0.3, -0.25) is 4.79 Å². The zero-order valence-electron chi connectivity index (χ0n) is 15.8. The molecule has 4 rings (SSSR count). The Bertz CT molecular complexity index is 983. The molecule has 148 valence electrons. The summed E-state index contributed by atoms with van der Waals surface area (Å²) < 4.78 is 19.5. The fraction of sp³-hybridized carbons (Fsp3) is 0.227. The fourth-order valence-corrected chi connectivity index (χ4v) is 3.33. The zero-order chi connectivity index (χ0) is 20.1. The second kappa shape index (κ2) is 8.68. The van der Waals surface area contributed by atoms with Crippen LogP contribution in [0.15, 0.2) is 67.0 Å². The number of hydrogen-bond donors (Lipinski definition) is 1. The molecule has 29 heavy (non-hydrogen) atoms. The number of pyridine rings is 2. The molecule has 0 aliphatic carbocycles. The van der Waals surface area contributed by atoms with Gasteiger partial charge in [-0.1, -0.05) is 24.3 Å². The Hall–Kier alpha value is -3.48. The molecule has 1 aromatic carbocycles. The van der Waals surface area contributed by atoms with Crippen LogP contribution in [0.5, 0.6) is 5.88 Å². The lowest BCUT2D eigenvalue weighted by atomic mass is 10.2. The number of amides is 1. The minimum atomic E-state index is -0.352. The largest absolute Gasteiger partial charge is 0.472 e. The molecule has 0 unspecified atom stereocenters. The summed E-state index contributed by atoms with van der Waals surface area (Å²) in [6, 6.07) is 15.5. The van der Waals surface area contributed by atoms with Crippen LogP contribution in [0, 0.1) is 5.82 Å². The Morgan fingerprint density at radius 1 is 1.10 bits per heavy atom. The molecule has 3 heterocycles. The summed E-state index contributed by atoms with van der Waals surface area (Å²) in [5.41, 5.74) is 0.742. The third-order valence-corrected chi connectivity index (χ3v) is 4.83. The molecule has 0 spiro atoms. The highest BCUT2D eigenvalue weighted by molar-refractivity contribution is 5.96. The Kier molecular flexibility index (Phi) is 5.65. The van der Waals surface area contributed by atoms with E-state index < -0.39 is 0 Å². The molecule has 1 amide bonds. The third-order valence-electron chi connectivity index (χ3n) is 4.83. The monoisotopic (exact) mass is 392 g/mol. The van der Waals surface area contributed by atoms with Gasteiger partial charge < -0.3 is 15.0 Å². The van der Waals surface area contributed by atoms with Crippen molar-refractivity contribution >= 4 is 11.7 Å². The maximum atomic E-state index is 13.8. The topological polar surface area (TPSA) is 67.4 Å². The first-order valence-electron chi connectivity index (χ1n) is 9.49. The Balaban J connectivity index is 1.40. The molecule has 3 aromatic rings. The summed E-state index contributed by atoms with van der Waals surface area (Å²) in [5, 5.41) is 3.04. The molecule has 0 saturated carbocycles. The van der Waals surface area contributed by atoms with Crippen LogP contribution in [0.25, 0.3) is 0 Å². The van der Waals surface area contributed by atoms with Crippen molar-refractivity contribution < 1.29 is 13.9 Å². The molecule has 1 fully saturated rings. The van der Waals surface area contributed by atoms with E-state index in [0.29, 0.717) is 17.7 Å². The van der Waals surface area contributed by atoms with E-state index in [2.05, 4.69) is 20.2 Å². The van der Waals surface area contributed by atoms with Gasteiger partial charge in [-0.25, -0.2) is 14.4 Å². The van der Waals surface area contributed by atoms with Crippen molar-refractivity contribution in [2.75, 3.05) is 18.0 Å². The van der Waals surface area contributed by atoms with Gasteiger partial charge in [0.1, 0.15) is 23.8 Å². The van der Waals surface area contributed by atoms with Crippen LogP contribution in [0.4, 0.5) is 10.2 Å². The van der Waals surface area contributed by atoms with Gasteiger partial charge >= 0.3 is 0 Å². The minimum absolute atomic E-state index is 0.000843. The molecular weight excluding hydrogens is 371 g/mol. The van der Waals surface area contributed by atoms with E-state index in [-0.39, 0.29) is 30.3 Å². The van der Waals surface area contributed by atoms with E-state index in [0.717, 1.165) is 18.8 Å². The number of carbonyl (C=O) groups is 1. The first kappa shape index (κ1) is 18.9. The highest BCUT2D eigenvalue weighted by atomic mass is 19.1. The first-order valence-corrected chi connectivity index (χ1v) is 9.49. The highest BCUT2D eigenvalue weighted by Gasteiger charge is 2.26. The maximum absolute atomic E-state index is 13.8. The van der Waals surface area contributed by atoms with Gasteiger partial charge in [0.05, 0.1) is 0 Å². The van der Waals surface area contributed by atoms with E-state index in [1.165, 1.54) is 6.07 Å². The summed E-state index contributed by atoms with van der Waals surface area (Å²) in [7, 11) is 0. The molecule has 0 radical (unpaired) electrons. The van der Waals surface area contributed by atoms with Gasteiger partial charge in [0.15, 0.2) is 0 Å². The van der Waals surface area contributed by atoms with Gasteiger partial charge in [0, 0.05) is 37.1 Å². The van der Waals surface area contributed by atoms with Gasteiger partial charge in [-0.2, -0.15) is 0 Å². The number of benzene rings is 1. The Morgan fingerprint density at radius 2 is 1.93 bits per heavy atom. The molecule has 1 saturated heterocycles. The van der Waals surface area contributed by atoms with Crippen LogP contribution >= 0.6 is 0 Å². The van der Waals surface area contributed by atoms with Crippen molar-refractivity contribution in [3.8, 4) is 5.88 Å². The molecule has 0 bridgehead atoms. The Morgan fingerprint density at radius 3 is 2.76 bits per heavy atom. The molecule has 1 N–H and O–H groups in total. The lowest BCUT2D eigenvalue weighted by molar-refractivity contribution is 0.0934. The standard InChI is InChI=1S/C22H21FN4O2/c23-19-8-2-1-6-16(19)15-29-22-18(7-5-12-25-22)21(28)26-17-10-13-27(14-17)20-9-3-4-11-24-20/h1-9,11-12,17H,10,13-15H2,(H,26,28)/t17-/m0/s1. The number of hydrogen-bond acceptors (Lipinski definition) is 5. The van der Waals surface area contributed by atoms with Crippen LogP contribution < -0.4 is 15.0 Å². The van der Waals surface area contributed by atoms with Crippen molar-refractivity contribution in [3.05, 3.63) is 83.9 Å². The number of anilines is 1. The number of carbonyl (C=O) groups excluding carboxylic acids is 1. The normalized spacial score (nSPS) is 15.9. The van der Waals surface area contributed by atoms with Gasteiger partial charge in [-0.15, -0.1) is 0 Å². The lowest BCUT2D eigenvalue weighted by Crippen LogP contribution is -2.37. The van der Waals surface area contributed by atoms with Gasteiger partial charge in [0.25, 0.3) is 5.91 Å². The number of nitrogens with zero attached hydrogens (tertiary/aromatic N) is 3. The molecule has 2 aromatic heterocycles. The smallest absolute Gasteiger partial charge is 0.257 e. The first-order chi connectivity index (χ1) is 14.2. The van der Waals surface area contributed by atoms with Crippen molar-refractivity contribution in [2.45, 2.75) is 19.1 Å². The molecule has 1 aliphatic heterocycles. The fourth-order valence-electron chi connectivity index (χ4n) is 3.33. The summed E-state index contributed by atoms with van der Waals surface area (Å²) in [6.45, 7) is 1.51. The average Bonchev–Trinajstić information content (AvgIpc) is 3.22. The predicted octanol–water partition coefficient (Wildman–Crippen LogP) is 3.20. The lowest BCUT2D eigenvalue weighted by Gasteiger charge is -2.18. The number of aromatic nitrogens is 2. The molecule has 1 aliphatic rings. The van der Waals surface area contributed by atoms with E-state index in [1.807, 2.05) is 18.2 Å². The van der Waals surface area contributed by atoms with Gasteiger partial charge in [-0.05, 0) is 36.8 Å². The van der Waals surface area contributed by atoms with Gasteiger partial charge in [0.2, 0.25) is 5.88 Å². The second-order valence-corrected chi connectivity index (χ2v) is 6.83. The van der Waals surface area contributed by atoms with Crippen LogP contribution in [0.2, 0.25) is 0 Å². The van der Waals surface area contributed by atoms with Crippen LogP contribution in [-0.2, 0) is 6.61 Å². The SMILES string of the molecule is O=C(N[C@H]1CCN(c2ccccn2)C1)c1cccnc1OCc1ccccc1F. The van der Waals surface area contributed by atoms with Crippen molar-refractivity contribution in [2.24, 2.45) is 0 Å². The molecule has 7 heteroatoms. The zero-order valence-corrected chi connectivity index (χ0v) is 15.8. The van der Waals surface area contributed by atoms with E-state index in [1.54, 1.807) is 42.7 Å². The van der Waals surface area contributed by atoms with Crippen LogP contribution in [0.1, 0.15) is 22.3 Å². The number of ether oxygens (including phenoxy) is 1. The Labute approximate surface area is 168 Å². The quantitative estimate of drug-likeness (QED) is 0.698. The third kappa shape index (κ3) is 4.51. The second-order valence-electron chi connectivity index (χ2n) is 6.83. The highest BCUT2D eigenvalue weighted by Crippen LogP contribution is 2.20. The predicted molar refractivity (Wildman–Crippen MR) is 107 cm³/mol. The van der Waals surface area contributed by atoms with Crippen LogP contribution in [0.3, 0.4) is 0 Å². The average molecular weight is 392 g/mol. The van der Waals surface area contributed by atoms with Crippen molar-refractivity contribution in [3.63, 3.8) is 0 Å². The number of halogens is 1. The summed E-state index contributed by atoms with van der Waals surface area (Å²) in [6.07, 6.45) is 4.13. The number of rotatable bonds is 6. The van der Waals surface area contributed by atoms with E-state index in [9.17, 15) is 9.18 Å². The summed E-state index contributed by atoms with van der Waals surface area (Å²) >= 11 is 0. The summed E-state index contributed by atoms with van der Waals surface area (Å²) in [5.74, 6) is 0.483. The number of nitrogens with one attached hydrogen (secondary N) is 1. The van der Waals surface area contributed by atoms with Crippen molar-refractivity contribution in [1.82, 2.24) is 15.3 Å². The van der Waals surface area contributed by atoms with E-state index >= 15 is 0 Å². The maximum Gasteiger partial charge on any atom is 0.257 e. The van der Waals surface area contributed by atoms with Crippen LogP contribution in [-0.4, -0.2) is 35.0 Å². The molecule has 1 atom stereocenters. The summed E-state index contributed by atoms with van der Waals surface area (Å²) in [4.78, 5) is 23.5. The van der Waals surface area contributed by atoms with E-state index in [4.69, 9.17) is 4.74 Å².